The number of aliphatic hydroxyl groups excluding tert-OH is 1. The van der Waals surface area contributed by atoms with E-state index in [4.69, 9.17) is 9.15 Å². The molecule has 6 heteroatoms. The fraction of sp³-hybridized carbons (Fsp3) is 0.182. The first-order valence-corrected chi connectivity index (χ1v) is 9.10. The van der Waals surface area contributed by atoms with Gasteiger partial charge in [-0.3, -0.25) is 0 Å². The largest absolute Gasteiger partial charge is 0.497 e. The number of furan rings is 1. The summed E-state index contributed by atoms with van der Waals surface area (Å²) < 4.78 is 11.1. The van der Waals surface area contributed by atoms with Gasteiger partial charge in [0, 0.05) is 12.2 Å². The van der Waals surface area contributed by atoms with E-state index < -0.39 is 0 Å². The molecule has 0 amide bonds. The molecule has 4 rings (SSSR count). The Morgan fingerprint density at radius 1 is 1.07 bits per heavy atom. The van der Waals surface area contributed by atoms with Crippen LogP contribution < -0.4 is 10.1 Å². The maximum Gasteiger partial charge on any atom is 0.231 e. The lowest BCUT2D eigenvalue weighted by Crippen LogP contribution is -2.13. The summed E-state index contributed by atoms with van der Waals surface area (Å²) in [6.07, 6.45) is 2.05. The lowest BCUT2D eigenvalue weighted by Gasteiger charge is -2.19. The van der Waals surface area contributed by atoms with Crippen LogP contribution in [0.3, 0.4) is 0 Å². The summed E-state index contributed by atoms with van der Waals surface area (Å²) in [6, 6.07) is 19.5. The first-order valence-electron chi connectivity index (χ1n) is 9.10. The summed E-state index contributed by atoms with van der Waals surface area (Å²) in [5, 5.41) is 13.7. The van der Waals surface area contributed by atoms with Gasteiger partial charge in [-0.2, -0.15) is 0 Å². The van der Waals surface area contributed by atoms with Crippen molar-refractivity contribution < 1.29 is 14.3 Å². The molecule has 0 radical (unpaired) electrons. The van der Waals surface area contributed by atoms with E-state index in [1.165, 1.54) is 6.33 Å². The van der Waals surface area contributed by atoms with E-state index in [2.05, 4.69) is 15.3 Å². The molecule has 2 aromatic carbocycles. The lowest BCUT2D eigenvalue weighted by atomic mass is 10.0. The monoisotopic (exact) mass is 375 g/mol. The van der Waals surface area contributed by atoms with Crippen molar-refractivity contribution in [1.82, 2.24) is 9.97 Å². The molecule has 2 aromatic heterocycles. The minimum Gasteiger partial charge on any atom is -0.497 e. The molecule has 4 aromatic rings. The number of nitrogens with zero attached hydrogens (tertiary/aromatic N) is 2. The summed E-state index contributed by atoms with van der Waals surface area (Å²) in [5.74, 6) is 2.17. The van der Waals surface area contributed by atoms with Crippen molar-refractivity contribution in [1.29, 1.82) is 0 Å². The highest BCUT2D eigenvalue weighted by atomic mass is 16.5. The molecule has 0 saturated carbocycles. The first kappa shape index (κ1) is 18.0. The third kappa shape index (κ3) is 3.68. The van der Waals surface area contributed by atoms with Gasteiger partial charge in [-0.25, -0.2) is 9.97 Å². The Hall–Kier alpha value is -3.38. The number of methoxy groups -OCH3 is 1. The molecule has 28 heavy (non-hydrogen) atoms. The number of benzene rings is 2. The summed E-state index contributed by atoms with van der Waals surface area (Å²) in [7, 11) is 1.64. The quantitative estimate of drug-likeness (QED) is 0.497. The van der Waals surface area contributed by atoms with Crippen LogP contribution in [0.4, 0.5) is 5.82 Å². The molecule has 0 saturated heterocycles. The van der Waals surface area contributed by atoms with Crippen LogP contribution >= 0.6 is 0 Å². The van der Waals surface area contributed by atoms with Gasteiger partial charge in [0.05, 0.1) is 18.5 Å². The normalized spacial score (nSPS) is 12.1. The minimum atomic E-state index is -0.0661. The fourth-order valence-corrected chi connectivity index (χ4v) is 3.17. The molecule has 0 fully saturated rings. The first-order chi connectivity index (χ1) is 13.8. The molecule has 1 atom stereocenters. The average Bonchev–Trinajstić information content (AvgIpc) is 3.19. The molecule has 0 unspecified atom stereocenters. The van der Waals surface area contributed by atoms with Crippen molar-refractivity contribution in [2.45, 2.75) is 12.5 Å². The summed E-state index contributed by atoms with van der Waals surface area (Å²) in [6.45, 7) is 0.0727. The Morgan fingerprint density at radius 3 is 2.57 bits per heavy atom. The second-order valence-corrected chi connectivity index (χ2v) is 6.40. The number of ether oxygens (including phenoxy) is 1. The topological polar surface area (TPSA) is 80.4 Å². The van der Waals surface area contributed by atoms with Crippen LogP contribution in [0.2, 0.25) is 0 Å². The van der Waals surface area contributed by atoms with Gasteiger partial charge in [-0.05, 0) is 42.3 Å². The van der Waals surface area contributed by atoms with Crippen LogP contribution in [-0.4, -0.2) is 28.8 Å². The van der Waals surface area contributed by atoms with Crippen LogP contribution in [-0.2, 0) is 0 Å². The lowest BCUT2D eigenvalue weighted by molar-refractivity contribution is 0.280. The molecule has 0 aliphatic carbocycles. The zero-order valence-corrected chi connectivity index (χ0v) is 15.5. The summed E-state index contributed by atoms with van der Waals surface area (Å²) in [4.78, 5) is 8.66. The fourth-order valence-electron chi connectivity index (χ4n) is 3.17. The highest BCUT2D eigenvalue weighted by Crippen LogP contribution is 2.32. The van der Waals surface area contributed by atoms with Crippen molar-refractivity contribution in [3.8, 4) is 17.1 Å². The van der Waals surface area contributed by atoms with Crippen LogP contribution in [0.5, 0.6) is 5.75 Å². The molecule has 142 valence electrons. The van der Waals surface area contributed by atoms with Gasteiger partial charge in [0.25, 0.3) is 0 Å². The Balaban J connectivity index is 1.68. The molecule has 6 nitrogen and oxygen atoms in total. The standard InChI is InChI=1S/C22H21N3O3/c1-27-17-9-7-16(8-10-17)20-13-18-21(23-14-24-22(18)28-20)25-19(11-12-26)15-5-3-2-4-6-15/h2-10,13-14,19,26H,11-12H2,1H3,(H,23,24,25)/t19-/m1/s1. The molecule has 0 spiro atoms. The Labute approximate surface area is 162 Å². The van der Waals surface area contributed by atoms with E-state index in [9.17, 15) is 5.11 Å². The maximum absolute atomic E-state index is 9.48. The third-order valence-electron chi connectivity index (χ3n) is 4.63. The van der Waals surface area contributed by atoms with Crippen LogP contribution in [0.25, 0.3) is 22.4 Å². The van der Waals surface area contributed by atoms with E-state index in [-0.39, 0.29) is 12.6 Å². The van der Waals surface area contributed by atoms with Crippen molar-refractivity contribution in [3.05, 3.63) is 72.6 Å². The van der Waals surface area contributed by atoms with E-state index in [0.29, 0.717) is 23.7 Å². The third-order valence-corrected chi connectivity index (χ3v) is 4.63. The molecule has 0 aliphatic heterocycles. The second kappa shape index (κ2) is 8.10. The molecule has 0 aliphatic rings. The predicted octanol–water partition coefficient (Wildman–Crippen LogP) is 4.43. The molecule has 2 heterocycles. The van der Waals surface area contributed by atoms with Crippen molar-refractivity contribution in [2.75, 3.05) is 19.0 Å². The Bertz CT molecular complexity index is 1050. The number of rotatable bonds is 7. The molecular formula is C22H21N3O3. The van der Waals surface area contributed by atoms with Gasteiger partial charge in [0.2, 0.25) is 5.71 Å². The van der Waals surface area contributed by atoms with E-state index in [1.807, 2.05) is 60.7 Å². The number of hydrogen-bond acceptors (Lipinski definition) is 6. The smallest absolute Gasteiger partial charge is 0.231 e. The van der Waals surface area contributed by atoms with Crippen LogP contribution in [0.15, 0.2) is 71.4 Å². The second-order valence-electron chi connectivity index (χ2n) is 6.40. The van der Waals surface area contributed by atoms with Crippen molar-refractivity contribution in [2.24, 2.45) is 0 Å². The Morgan fingerprint density at radius 2 is 1.86 bits per heavy atom. The summed E-state index contributed by atoms with van der Waals surface area (Å²) in [5.41, 5.74) is 2.53. The van der Waals surface area contributed by atoms with Gasteiger partial charge in [0.1, 0.15) is 23.7 Å². The molecular weight excluding hydrogens is 354 g/mol. The number of nitrogens with one attached hydrogen (secondary N) is 1. The van der Waals surface area contributed by atoms with E-state index in [1.54, 1.807) is 7.11 Å². The number of aliphatic hydroxyl groups is 1. The number of anilines is 1. The average molecular weight is 375 g/mol. The summed E-state index contributed by atoms with van der Waals surface area (Å²) >= 11 is 0. The molecule has 0 bridgehead atoms. The zero-order valence-electron chi connectivity index (χ0n) is 15.5. The Kier molecular flexibility index (Phi) is 5.21. The molecule has 2 N–H and O–H groups in total. The predicted molar refractivity (Wildman–Crippen MR) is 108 cm³/mol. The SMILES string of the molecule is COc1ccc(-c2cc3c(N[C@H](CCO)c4ccccc4)ncnc3o2)cc1. The van der Waals surface area contributed by atoms with E-state index in [0.717, 1.165) is 22.3 Å². The zero-order chi connectivity index (χ0) is 19.3. The van der Waals surface area contributed by atoms with Gasteiger partial charge in [0.15, 0.2) is 0 Å². The van der Waals surface area contributed by atoms with Gasteiger partial charge >= 0.3 is 0 Å². The number of hydrogen-bond donors (Lipinski definition) is 2. The van der Waals surface area contributed by atoms with E-state index >= 15 is 0 Å². The van der Waals surface area contributed by atoms with Gasteiger partial charge in [-0.1, -0.05) is 30.3 Å². The highest BCUT2D eigenvalue weighted by molar-refractivity contribution is 5.89. The maximum atomic E-state index is 9.48. The minimum absolute atomic E-state index is 0.0661. The number of aromatic nitrogens is 2. The van der Waals surface area contributed by atoms with Crippen molar-refractivity contribution in [3.63, 3.8) is 0 Å². The van der Waals surface area contributed by atoms with Crippen LogP contribution in [0, 0.1) is 0 Å². The number of fused-ring (bicyclic) bond motifs is 1. The van der Waals surface area contributed by atoms with Gasteiger partial charge < -0.3 is 19.6 Å². The van der Waals surface area contributed by atoms with Gasteiger partial charge in [-0.15, -0.1) is 0 Å². The van der Waals surface area contributed by atoms with Crippen molar-refractivity contribution >= 4 is 16.9 Å². The van der Waals surface area contributed by atoms with Crippen LogP contribution in [0.1, 0.15) is 18.0 Å². The highest BCUT2D eigenvalue weighted by Gasteiger charge is 2.16.